The molecular weight excluding hydrogens is 484 g/mol. The van der Waals surface area contributed by atoms with Gasteiger partial charge in [0.15, 0.2) is 0 Å². The first-order valence-corrected chi connectivity index (χ1v) is 15.2. The van der Waals surface area contributed by atoms with E-state index in [2.05, 4.69) is 16.4 Å². The van der Waals surface area contributed by atoms with Crippen LogP contribution in [-0.2, 0) is 10.0 Å². The Hall–Kier alpha value is -2.68. The monoisotopic (exact) mass is 522 g/mol. The number of aromatic nitrogens is 1. The molecule has 1 aromatic heterocycles. The first kappa shape index (κ1) is 25.9. The summed E-state index contributed by atoms with van der Waals surface area (Å²) in [6.45, 7) is 1.81. The van der Waals surface area contributed by atoms with Gasteiger partial charge in [0.2, 0.25) is 10.0 Å². The number of nitrogens with one attached hydrogen (secondary N) is 2. The van der Waals surface area contributed by atoms with Gasteiger partial charge < -0.3 is 16.0 Å². The smallest absolute Gasteiger partial charge is 0.250 e. The quantitative estimate of drug-likeness (QED) is 0.352. The molecule has 0 radical (unpaired) electrons. The number of carbonyl (C=O) groups is 1. The van der Waals surface area contributed by atoms with Crippen molar-refractivity contribution in [3.8, 4) is 11.1 Å². The molecule has 3 aromatic rings. The Balaban J connectivity index is 1.25. The Bertz CT molecular complexity index is 1320. The number of rotatable bonds is 9. The number of carbonyl (C=O) groups excluding carboxylic acids is 1. The van der Waals surface area contributed by atoms with E-state index in [9.17, 15) is 13.2 Å². The highest BCUT2D eigenvalue weighted by Crippen LogP contribution is 2.37. The molecule has 0 atom stereocenters. The summed E-state index contributed by atoms with van der Waals surface area (Å²) in [5, 5.41) is 4.54. The number of nitrogens with two attached hydrogens (primary N) is 1. The van der Waals surface area contributed by atoms with E-state index >= 15 is 0 Å². The van der Waals surface area contributed by atoms with Gasteiger partial charge in [0.25, 0.3) is 5.91 Å². The molecule has 1 amide bonds. The summed E-state index contributed by atoms with van der Waals surface area (Å²) in [5.41, 5.74) is 10.1. The topological polar surface area (TPSA) is 108 Å². The predicted molar refractivity (Wildman–Crippen MR) is 149 cm³/mol. The molecule has 1 aliphatic heterocycles. The van der Waals surface area contributed by atoms with Gasteiger partial charge in [-0.05, 0) is 73.4 Å². The minimum atomic E-state index is -3.26. The Morgan fingerprint density at radius 3 is 2.43 bits per heavy atom. The summed E-state index contributed by atoms with van der Waals surface area (Å²) in [5.74, 6) is -0.0395. The van der Waals surface area contributed by atoms with E-state index in [4.69, 9.17) is 5.73 Å². The van der Waals surface area contributed by atoms with Crippen LogP contribution in [0.4, 0.5) is 0 Å². The first-order valence-electron chi connectivity index (χ1n) is 13.6. The molecule has 1 saturated heterocycles. The SMILES string of the molecule is NC(=O)c1cc(-c2ccccc2)cc2c(C3CCN(S(=O)(=O)CCCNC4CCCCC4)CC3)c[nH]c12. The van der Waals surface area contributed by atoms with E-state index in [1.165, 1.54) is 32.1 Å². The molecule has 5 rings (SSSR count). The third kappa shape index (κ3) is 5.92. The van der Waals surface area contributed by atoms with Crippen molar-refractivity contribution in [1.29, 1.82) is 0 Å². The Morgan fingerprint density at radius 2 is 1.73 bits per heavy atom. The Morgan fingerprint density at radius 1 is 1.00 bits per heavy atom. The summed E-state index contributed by atoms with van der Waals surface area (Å²) in [6.07, 6.45) is 10.4. The lowest BCUT2D eigenvalue weighted by Crippen LogP contribution is -2.40. The molecule has 2 fully saturated rings. The van der Waals surface area contributed by atoms with Gasteiger partial charge >= 0.3 is 0 Å². The van der Waals surface area contributed by atoms with Crippen LogP contribution in [0.15, 0.2) is 48.7 Å². The highest BCUT2D eigenvalue weighted by molar-refractivity contribution is 7.89. The van der Waals surface area contributed by atoms with Crippen molar-refractivity contribution in [2.45, 2.75) is 63.3 Å². The van der Waals surface area contributed by atoms with E-state index in [-0.39, 0.29) is 11.7 Å². The van der Waals surface area contributed by atoms with Crippen LogP contribution >= 0.6 is 0 Å². The molecule has 2 aliphatic rings. The molecule has 8 heteroatoms. The third-order valence-electron chi connectivity index (χ3n) is 8.10. The van der Waals surface area contributed by atoms with Crippen LogP contribution in [0.2, 0.25) is 0 Å². The van der Waals surface area contributed by atoms with Gasteiger partial charge in [-0.15, -0.1) is 0 Å². The molecule has 2 aromatic carbocycles. The molecule has 2 heterocycles. The molecule has 0 bridgehead atoms. The van der Waals surface area contributed by atoms with E-state index in [1.54, 1.807) is 4.31 Å². The number of primary amides is 1. The highest BCUT2D eigenvalue weighted by atomic mass is 32.2. The van der Waals surface area contributed by atoms with Crippen LogP contribution in [0.1, 0.15) is 73.2 Å². The molecule has 37 heavy (non-hydrogen) atoms. The number of H-pyrrole nitrogens is 1. The standard InChI is InChI=1S/C29H38N4O3S/c30-29(34)26-19-23(21-8-3-1-4-9-21)18-25-27(20-32-28(25)26)22-12-15-33(16-13-22)37(35,36)17-7-14-31-24-10-5-2-6-11-24/h1,3-4,8-9,18-20,22,24,31-32H,2,5-7,10-17H2,(H2,30,34). The van der Waals surface area contributed by atoms with Crippen LogP contribution in [0, 0.1) is 0 Å². The second-order valence-corrected chi connectivity index (χ2v) is 12.6. The largest absolute Gasteiger partial charge is 0.366 e. The van der Waals surface area contributed by atoms with Crippen LogP contribution in [-0.4, -0.2) is 55.0 Å². The van der Waals surface area contributed by atoms with E-state index in [1.807, 2.05) is 42.6 Å². The van der Waals surface area contributed by atoms with Crippen molar-refractivity contribution < 1.29 is 13.2 Å². The third-order valence-corrected chi connectivity index (χ3v) is 10.1. The number of fused-ring (bicyclic) bond motifs is 1. The van der Waals surface area contributed by atoms with Crippen LogP contribution in [0.25, 0.3) is 22.0 Å². The van der Waals surface area contributed by atoms with Crippen molar-refractivity contribution in [2.75, 3.05) is 25.4 Å². The molecule has 1 saturated carbocycles. The van der Waals surface area contributed by atoms with Gasteiger partial charge in [0, 0.05) is 30.7 Å². The van der Waals surface area contributed by atoms with Crippen molar-refractivity contribution in [3.05, 3.63) is 59.8 Å². The molecular formula is C29H38N4O3S. The number of hydrogen-bond acceptors (Lipinski definition) is 4. The van der Waals surface area contributed by atoms with E-state index in [0.717, 1.165) is 47.0 Å². The lowest BCUT2D eigenvalue weighted by molar-refractivity contribution is 0.100. The normalized spacial score (nSPS) is 18.4. The Labute approximate surface area is 219 Å². The average Bonchev–Trinajstić information content (AvgIpc) is 3.36. The van der Waals surface area contributed by atoms with Crippen molar-refractivity contribution in [1.82, 2.24) is 14.6 Å². The maximum Gasteiger partial charge on any atom is 0.250 e. The van der Waals surface area contributed by atoms with Gasteiger partial charge in [-0.2, -0.15) is 0 Å². The number of aromatic amines is 1. The maximum absolute atomic E-state index is 13.0. The number of sulfonamides is 1. The fourth-order valence-corrected chi connectivity index (χ4v) is 7.56. The number of benzene rings is 2. The van der Waals surface area contributed by atoms with Crippen LogP contribution in [0.5, 0.6) is 0 Å². The number of amides is 1. The second kappa shape index (κ2) is 11.4. The van der Waals surface area contributed by atoms with Gasteiger partial charge in [-0.3, -0.25) is 4.79 Å². The molecule has 0 unspecified atom stereocenters. The van der Waals surface area contributed by atoms with Gasteiger partial charge in [0.1, 0.15) is 0 Å². The Kier molecular flexibility index (Phi) is 7.98. The van der Waals surface area contributed by atoms with Crippen molar-refractivity contribution in [3.63, 3.8) is 0 Å². The van der Waals surface area contributed by atoms with Crippen LogP contribution < -0.4 is 11.1 Å². The van der Waals surface area contributed by atoms with Gasteiger partial charge in [0.05, 0.1) is 16.8 Å². The molecule has 1 aliphatic carbocycles. The fourth-order valence-electron chi connectivity index (χ4n) is 6.02. The fraction of sp³-hybridized carbons (Fsp3) is 0.483. The zero-order valence-corrected chi connectivity index (χ0v) is 22.2. The minimum absolute atomic E-state index is 0.201. The summed E-state index contributed by atoms with van der Waals surface area (Å²) < 4.78 is 27.7. The summed E-state index contributed by atoms with van der Waals surface area (Å²) in [6, 6.07) is 14.5. The minimum Gasteiger partial charge on any atom is -0.366 e. The molecule has 198 valence electrons. The lowest BCUT2D eigenvalue weighted by atomic mass is 9.88. The molecule has 4 N–H and O–H groups in total. The average molecular weight is 523 g/mol. The van der Waals surface area contributed by atoms with Crippen molar-refractivity contribution >= 4 is 26.8 Å². The molecule has 0 spiro atoms. The predicted octanol–water partition coefficient (Wildman–Crippen LogP) is 4.76. The second-order valence-electron chi connectivity index (χ2n) is 10.6. The summed E-state index contributed by atoms with van der Waals surface area (Å²) in [4.78, 5) is 15.5. The van der Waals surface area contributed by atoms with Gasteiger partial charge in [-0.25, -0.2) is 12.7 Å². The first-order chi connectivity index (χ1) is 17.9. The lowest BCUT2D eigenvalue weighted by Gasteiger charge is -2.31. The number of hydrogen-bond donors (Lipinski definition) is 3. The van der Waals surface area contributed by atoms with Crippen molar-refractivity contribution in [2.24, 2.45) is 5.73 Å². The zero-order valence-electron chi connectivity index (χ0n) is 21.4. The molecule has 7 nitrogen and oxygen atoms in total. The number of nitrogens with zero attached hydrogens (tertiary/aromatic N) is 1. The number of piperidine rings is 1. The van der Waals surface area contributed by atoms with Crippen LogP contribution in [0.3, 0.4) is 0 Å². The van der Waals surface area contributed by atoms with Gasteiger partial charge in [-0.1, -0.05) is 49.6 Å². The maximum atomic E-state index is 13.0. The zero-order chi connectivity index (χ0) is 25.8. The van der Waals surface area contributed by atoms with E-state index in [0.29, 0.717) is 31.1 Å². The summed E-state index contributed by atoms with van der Waals surface area (Å²) in [7, 11) is -3.26. The summed E-state index contributed by atoms with van der Waals surface area (Å²) >= 11 is 0. The highest BCUT2D eigenvalue weighted by Gasteiger charge is 2.30. The van der Waals surface area contributed by atoms with E-state index < -0.39 is 15.9 Å².